The van der Waals surface area contributed by atoms with Crippen LogP contribution in [-0.4, -0.2) is 41.0 Å². The predicted octanol–water partition coefficient (Wildman–Crippen LogP) is 3.06. The van der Waals surface area contributed by atoms with Gasteiger partial charge in [-0.1, -0.05) is 54.3 Å². The summed E-state index contributed by atoms with van der Waals surface area (Å²) in [6.45, 7) is 0.797. The van der Waals surface area contributed by atoms with E-state index >= 15 is 0 Å². The van der Waals surface area contributed by atoms with Crippen LogP contribution in [-0.2, 0) is 19.0 Å². The Hall–Kier alpha value is -0.443. The summed E-state index contributed by atoms with van der Waals surface area (Å²) >= 11 is 6.96. The molecule has 1 N–H and O–H groups in total. The molecule has 0 heterocycles. The monoisotopic (exact) mass is 345 g/mol. The van der Waals surface area contributed by atoms with Crippen LogP contribution in [0.25, 0.3) is 0 Å². The average Bonchev–Trinajstić information content (AvgIpc) is 2.55. The Labute approximate surface area is 137 Å². The van der Waals surface area contributed by atoms with E-state index in [2.05, 4.69) is 17.4 Å². The van der Waals surface area contributed by atoms with Gasteiger partial charge in [0.2, 0.25) is 0 Å². The van der Waals surface area contributed by atoms with Gasteiger partial charge in [0, 0.05) is 39.7 Å². The molecule has 0 unspecified atom stereocenters. The van der Waals surface area contributed by atoms with Gasteiger partial charge in [0.25, 0.3) is 0 Å². The Bertz CT molecular complexity index is 408. The zero-order chi connectivity index (χ0) is 15.6. The van der Waals surface area contributed by atoms with Crippen molar-refractivity contribution in [1.82, 2.24) is 5.32 Å². The highest BCUT2D eigenvalue weighted by atomic mass is 32.2. The summed E-state index contributed by atoms with van der Waals surface area (Å²) in [5.74, 6) is 0.888. The van der Waals surface area contributed by atoms with Gasteiger partial charge in [0.1, 0.15) is 4.32 Å². The average molecular weight is 346 g/mol. The SMILES string of the molecule is CO[Si](CCCNC(=S)SCc1ccccc1)(OC)OC. The van der Waals surface area contributed by atoms with Gasteiger partial charge in [-0.3, -0.25) is 0 Å². The maximum absolute atomic E-state index is 5.38. The van der Waals surface area contributed by atoms with E-state index in [-0.39, 0.29) is 0 Å². The molecular formula is C14H23NO3S2Si. The molecule has 0 aliphatic carbocycles. The number of nitrogens with one attached hydrogen (secondary N) is 1. The number of benzene rings is 1. The quantitative estimate of drug-likeness (QED) is 0.421. The Morgan fingerprint density at radius 2 is 1.76 bits per heavy atom. The summed E-state index contributed by atoms with van der Waals surface area (Å²) < 4.78 is 16.9. The minimum atomic E-state index is -2.45. The van der Waals surface area contributed by atoms with Crippen LogP contribution in [0.15, 0.2) is 30.3 Å². The first-order valence-corrected chi connectivity index (χ1v) is 10.1. The molecule has 0 bridgehead atoms. The third-order valence-corrected chi connectivity index (χ3v) is 7.29. The number of rotatable bonds is 9. The van der Waals surface area contributed by atoms with Crippen molar-refractivity contribution in [3.63, 3.8) is 0 Å². The second-order valence-electron chi connectivity index (χ2n) is 4.39. The van der Waals surface area contributed by atoms with Gasteiger partial charge in [-0.05, 0) is 12.0 Å². The molecule has 7 heteroatoms. The number of thiocarbonyl (C=S) groups is 1. The Morgan fingerprint density at radius 3 is 2.33 bits per heavy atom. The van der Waals surface area contributed by atoms with Gasteiger partial charge in [-0.15, -0.1) is 0 Å². The van der Waals surface area contributed by atoms with Crippen molar-refractivity contribution >= 4 is 37.1 Å². The van der Waals surface area contributed by atoms with Gasteiger partial charge in [0.05, 0.1) is 0 Å². The minimum absolute atomic E-state index is 0.773. The molecule has 0 fully saturated rings. The van der Waals surface area contributed by atoms with Gasteiger partial charge in [0.15, 0.2) is 0 Å². The third kappa shape index (κ3) is 6.90. The summed E-state index contributed by atoms with van der Waals surface area (Å²) in [4.78, 5) is 0. The molecule has 0 aromatic heterocycles. The van der Waals surface area contributed by atoms with Gasteiger partial charge < -0.3 is 18.6 Å². The van der Waals surface area contributed by atoms with Gasteiger partial charge >= 0.3 is 8.80 Å². The second-order valence-corrected chi connectivity index (χ2v) is 9.13. The zero-order valence-electron chi connectivity index (χ0n) is 12.8. The van der Waals surface area contributed by atoms with Crippen molar-refractivity contribution in [1.29, 1.82) is 0 Å². The van der Waals surface area contributed by atoms with E-state index in [1.165, 1.54) is 5.56 Å². The summed E-state index contributed by atoms with van der Waals surface area (Å²) in [6.07, 6.45) is 0.897. The number of thioether (sulfide) groups is 1. The van der Waals surface area contributed by atoms with E-state index in [9.17, 15) is 0 Å². The Balaban J connectivity index is 2.19. The topological polar surface area (TPSA) is 39.7 Å². The third-order valence-electron chi connectivity index (χ3n) is 3.07. The van der Waals surface area contributed by atoms with Crippen LogP contribution in [0, 0.1) is 0 Å². The van der Waals surface area contributed by atoms with Crippen LogP contribution in [0.3, 0.4) is 0 Å². The highest BCUT2D eigenvalue weighted by Gasteiger charge is 2.36. The molecule has 0 atom stereocenters. The lowest BCUT2D eigenvalue weighted by molar-refractivity contribution is 0.123. The summed E-state index contributed by atoms with van der Waals surface area (Å²) in [6, 6.07) is 11.1. The molecule has 1 rings (SSSR count). The first-order chi connectivity index (χ1) is 10.2. The van der Waals surface area contributed by atoms with E-state index < -0.39 is 8.80 Å². The summed E-state index contributed by atoms with van der Waals surface area (Å²) in [7, 11) is 2.45. The fraction of sp³-hybridized carbons (Fsp3) is 0.500. The van der Waals surface area contributed by atoms with E-state index in [1.807, 2.05) is 18.2 Å². The van der Waals surface area contributed by atoms with Crippen molar-refractivity contribution in [2.75, 3.05) is 27.9 Å². The Kier molecular flexibility index (Phi) is 9.14. The molecule has 21 heavy (non-hydrogen) atoms. The Morgan fingerprint density at radius 1 is 1.14 bits per heavy atom. The fourth-order valence-corrected chi connectivity index (χ4v) is 4.52. The minimum Gasteiger partial charge on any atom is -0.377 e. The second kappa shape index (κ2) is 10.3. The smallest absolute Gasteiger partial charge is 0.377 e. The highest BCUT2D eigenvalue weighted by Crippen LogP contribution is 2.15. The molecule has 0 saturated carbocycles. The largest absolute Gasteiger partial charge is 0.500 e. The number of hydrogen-bond acceptors (Lipinski definition) is 5. The van der Waals surface area contributed by atoms with Crippen LogP contribution < -0.4 is 5.32 Å². The molecule has 0 spiro atoms. The fourth-order valence-electron chi connectivity index (χ4n) is 1.83. The molecule has 0 saturated heterocycles. The zero-order valence-corrected chi connectivity index (χ0v) is 15.4. The first kappa shape index (κ1) is 18.6. The predicted molar refractivity (Wildman–Crippen MR) is 94.5 cm³/mol. The van der Waals surface area contributed by atoms with Crippen molar-refractivity contribution in [2.45, 2.75) is 18.2 Å². The van der Waals surface area contributed by atoms with Crippen molar-refractivity contribution < 1.29 is 13.3 Å². The van der Waals surface area contributed by atoms with Gasteiger partial charge in [-0.2, -0.15) is 0 Å². The molecular weight excluding hydrogens is 322 g/mol. The van der Waals surface area contributed by atoms with E-state index in [1.54, 1.807) is 33.1 Å². The summed E-state index contributed by atoms with van der Waals surface area (Å²) in [5.41, 5.74) is 1.27. The molecule has 0 radical (unpaired) electrons. The van der Waals surface area contributed by atoms with Crippen LogP contribution in [0.2, 0.25) is 6.04 Å². The molecule has 0 aliphatic rings. The first-order valence-electron chi connectivity index (χ1n) is 6.76. The van der Waals surface area contributed by atoms with Crippen molar-refractivity contribution in [3.8, 4) is 0 Å². The molecule has 118 valence electrons. The molecule has 0 amide bonds. The lowest BCUT2D eigenvalue weighted by Gasteiger charge is -2.24. The van der Waals surface area contributed by atoms with Crippen LogP contribution >= 0.6 is 24.0 Å². The highest BCUT2D eigenvalue weighted by molar-refractivity contribution is 8.22. The van der Waals surface area contributed by atoms with E-state index in [0.717, 1.165) is 29.1 Å². The maximum atomic E-state index is 5.38. The van der Waals surface area contributed by atoms with E-state index in [0.29, 0.717) is 0 Å². The maximum Gasteiger partial charge on any atom is 0.500 e. The molecule has 1 aromatic rings. The van der Waals surface area contributed by atoms with Crippen molar-refractivity contribution in [2.24, 2.45) is 0 Å². The summed E-state index contributed by atoms with van der Waals surface area (Å²) in [5, 5.41) is 3.25. The van der Waals surface area contributed by atoms with Crippen LogP contribution in [0.5, 0.6) is 0 Å². The molecule has 1 aromatic carbocycles. The van der Waals surface area contributed by atoms with Crippen LogP contribution in [0.4, 0.5) is 0 Å². The normalized spacial score (nSPS) is 11.4. The van der Waals surface area contributed by atoms with Crippen LogP contribution in [0.1, 0.15) is 12.0 Å². The molecule has 0 aliphatic heterocycles. The lowest BCUT2D eigenvalue weighted by atomic mass is 10.2. The standard InChI is InChI=1S/C14H23NO3S2Si/c1-16-21(17-2,18-3)11-7-10-15-14(19)20-12-13-8-5-4-6-9-13/h4-6,8-9H,7,10-12H2,1-3H3,(H,15,19). The van der Waals surface area contributed by atoms with E-state index in [4.69, 9.17) is 25.5 Å². The van der Waals surface area contributed by atoms with Gasteiger partial charge in [-0.25, -0.2) is 0 Å². The van der Waals surface area contributed by atoms with Crippen molar-refractivity contribution in [3.05, 3.63) is 35.9 Å². The lowest BCUT2D eigenvalue weighted by Crippen LogP contribution is -2.43. The molecule has 4 nitrogen and oxygen atoms in total. The number of hydrogen-bond donors (Lipinski definition) is 1.